The minimum Gasteiger partial charge on any atom is -0.478 e. The Bertz CT molecular complexity index is 622. The second-order valence-corrected chi connectivity index (χ2v) is 6.76. The van der Waals surface area contributed by atoms with E-state index in [1.165, 1.54) is 0 Å². The lowest BCUT2D eigenvalue weighted by Gasteiger charge is -2.19. The molecule has 1 aliphatic heterocycles. The molecule has 20 heavy (non-hydrogen) atoms. The lowest BCUT2D eigenvalue weighted by atomic mass is 10.1. The zero-order chi connectivity index (χ0) is 14.3. The first-order valence-electron chi connectivity index (χ1n) is 6.39. The second-order valence-electron chi connectivity index (χ2n) is 5.11. The van der Waals surface area contributed by atoms with Crippen molar-refractivity contribution in [2.45, 2.75) is 36.4 Å². The van der Waals surface area contributed by atoms with Gasteiger partial charge in [-0.25, -0.2) is 17.9 Å². The Balaban J connectivity index is 1.81. The summed E-state index contributed by atoms with van der Waals surface area (Å²) in [6.07, 6.45) is 3.57. The van der Waals surface area contributed by atoms with Crippen LogP contribution in [-0.2, 0) is 14.8 Å². The third-order valence-electron chi connectivity index (χ3n) is 3.63. The van der Waals surface area contributed by atoms with E-state index in [4.69, 9.17) is 9.84 Å². The van der Waals surface area contributed by atoms with Crippen molar-refractivity contribution >= 4 is 16.0 Å². The summed E-state index contributed by atoms with van der Waals surface area (Å²) < 4.78 is 32.6. The molecule has 3 rings (SSSR count). The monoisotopic (exact) mass is 301 g/mol. The maximum absolute atomic E-state index is 12.3. The van der Waals surface area contributed by atoms with E-state index in [0.29, 0.717) is 18.9 Å². The van der Waals surface area contributed by atoms with Crippen molar-refractivity contribution in [1.82, 2.24) is 14.9 Å². The highest BCUT2D eigenvalue weighted by molar-refractivity contribution is 7.89. The predicted octanol–water partition coefficient (Wildman–Crippen LogP) is -0.0463. The number of aromatic nitrogens is 2. The fourth-order valence-electron chi connectivity index (χ4n) is 2.52. The van der Waals surface area contributed by atoms with Gasteiger partial charge in [0.15, 0.2) is 5.03 Å². The fraction of sp³-hybridized carbons (Fsp3) is 0.636. The lowest BCUT2D eigenvalue weighted by Crippen LogP contribution is -2.41. The van der Waals surface area contributed by atoms with Crippen LogP contribution in [0.5, 0.6) is 0 Å². The van der Waals surface area contributed by atoms with E-state index in [-0.39, 0.29) is 17.7 Å². The SMILES string of the molecule is O=C(O)c1cn[nH]c1S(=O)(=O)NC1CCOC1C1CC1. The third-order valence-corrected chi connectivity index (χ3v) is 5.09. The Morgan fingerprint density at radius 2 is 2.20 bits per heavy atom. The van der Waals surface area contributed by atoms with Gasteiger partial charge in [-0.15, -0.1) is 0 Å². The highest BCUT2D eigenvalue weighted by Crippen LogP contribution is 2.39. The molecule has 1 aromatic heterocycles. The Morgan fingerprint density at radius 1 is 1.45 bits per heavy atom. The molecule has 0 amide bonds. The molecule has 8 nitrogen and oxygen atoms in total. The van der Waals surface area contributed by atoms with Crippen molar-refractivity contribution in [1.29, 1.82) is 0 Å². The van der Waals surface area contributed by atoms with Gasteiger partial charge in [-0.3, -0.25) is 5.10 Å². The molecule has 2 unspecified atom stereocenters. The quantitative estimate of drug-likeness (QED) is 0.701. The predicted molar refractivity (Wildman–Crippen MR) is 66.7 cm³/mol. The van der Waals surface area contributed by atoms with Crippen LogP contribution in [0.15, 0.2) is 11.2 Å². The smallest absolute Gasteiger partial charge is 0.340 e. The zero-order valence-electron chi connectivity index (χ0n) is 10.6. The van der Waals surface area contributed by atoms with E-state index >= 15 is 0 Å². The molecule has 2 fully saturated rings. The van der Waals surface area contributed by atoms with Gasteiger partial charge in [0.1, 0.15) is 5.56 Å². The van der Waals surface area contributed by atoms with Crippen LogP contribution in [0.25, 0.3) is 0 Å². The number of carboxylic acids is 1. The number of hydrogen-bond donors (Lipinski definition) is 3. The number of nitrogens with one attached hydrogen (secondary N) is 2. The summed E-state index contributed by atoms with van der Waals surface area (Å²) >= 11 is 0. The molecule has 2 aliphatic rings. The first kappa shape index (κ1) is 13.5. The highest BCUT2D eigenvalue weighted by atomic mass is 32.2. The fourth-order valence-corrected chi connectivity index (χ4v) is 3.89. The molecule has 1 saturated carbocycles. The molecule has 0 spiro atoms. The van der Waals surface area contributed by atoms with Gasteiger partial charge in [0, 0.05) is 6.61 Å². The van der Waals surface area contributed by atoms with Crippen LogP contribution in [0.1, 0.15) is 29.6 Å². The number of hydrogen-bond acceptors (Lipinski definition) is 5. The molecule has 2 heterocycles. The summed E-state index contributed by atoms with van der Waals surface area (Å²) in [5.74, 6) is -0.925. The number of ether oxygens (including phenoxy) is 1. The van der Waals surface area contributed by atoms with Gasteiger partial charge in [0.2, 0.25) is 0 Å². The summed E-state index contributed by atoms with van der Waals surface area (Å²) in [7, 11) is -3.94. The van der Waals surface area contributed by atoms with Gasteiger partial charge in [0.25, 0.3) is 10.0 Å². The second kappa shape index (κ2) is 4.83. The molecule has 0 aromatic carbocycles. The molecule has 2 atom stereocenters. The molecule has 9 heteroatoms. The Labute approximate surface area is 115 Å². The van der Waals surface area contributed by atoms with E-state index < -0.39 is 21.0 Å². The molecule has 110 valence electrons. The number of carboxylic acid groups (broad SMARTS) is 1. The van der Waals surface area contributed by atoms with Crippen LogP contribution >= 0.6 is 0 Å². The van der Waals surface area contributed by atoms with Gasteiger partial charge >= 0.3 is 5.97 Å². The van der Waals surface area contributed by atoms with E-state index in [1.54, 1.807) is 0 Å². The van der Waals surface area contributed by atoms with Crippen LogP contribution in [0.4, 0.5) is 0 Å². The van der Waals surface area contributed by atoms with Gasteiger partial charge < -0.3 is 9.84 Å². The van der Waals surface area contributed by atoms with Crippen molar-refractivity contribution < 1.29 is 23.1 Å². The molecule has 0 bridgehead atoms. The maximum atomic E-state index is 12.3. The van der Waals surface area contributed by atoms with Crippen LogP contribution in [0.3, 0.4) is 0 Å². The zero-order valence-corrected chi connectivity index (χ0v) is 11.4. The van der Waals surface area contributed by atoms with Crippen molar-refractivity contribution in [3.05, 3.63) is 11.8 Å². The van der Waals surface area contributed by atoms with Crippen molar-refractivity contribution in [3.8, 4) is 0 Å². The minimum atomic E-state index is -3.94. The minimum absolute atomic E-state index is 0.110. The first-order chi connectivity index (χ1) is 9.49. The normalized spacial score (nSPS) is 26.8. The van der Waals surface area contributed by atoms with Crippen LogP contribution < -0.4 is 4.72 Å². The number of aromatic carboxylic acids is 1. The van der Waals surface area contributed by atoms with Gasteiger partial charge in [0.05, 0.1) is 18.3 Å². The summed E-state index contributed by atoms with van der Waals surface area (Å²) in [6.45, 7) is 0.517. The largest absolute Gasteiger partial charge is 0.478 e. The van der Waals surface area contributed by atoms with Gasteiger partial charge in [-0.2, -0.15) is 5.10 Å². The van der Waals surface area contributed by atoms with Gasteiger partial charge in [-0.1, -0.05) is 0 Å². The maximum Gasteiger partial charge on any atom is 0.340 e. The van der Waals surface area contributed by atoms with E-state index in [2.05, 4.69) is 14.9 Å². The van der Waals surface area contributed by atoms with E-state index in [1.807, 2.05) is 0 Å². The van der Waals surface area contributed by atoms with E-state index in [0.717, 1.165) is 19.0 Å². The molecule has 1 saturated heterocycles. The van der Waals surface area contributed by atoms with Crippen LogP contribution in [0, 0.1) is 5.92 Å². The highest BCUT2D eigenvalue weighted by Gasteiger charge is 2.42. The summed E-state index contributed by atoms with van der Waals surface area (Å²) in [5, 5.41) is 14.3. The molecule has 0 radical (unpaired) electrons. The molecular formula is C11H15N3O5S. The third kappa shape index (κ3) is 2.43. The number of sulfonamides is 1. The van der Waals surface area contributed by atoms with Crippen LogP contribution in [-0.4, -0.2) is 48.4 Å². The van der Waals surface area contributed by atoms with Gasteiger partial charge in [-0.05, 0) is 25.2 Å². The van der Waals surface area contributed by atoms with Crippen molar-refractivity contribution in [3.63, 3.8) is 0 Å². The molecule has 3 N–H and O–H groups in total. The number of nitrogens with zero attached hydrogens (tertiary/aromatic N) is 1. The number of aromatic amines is 1. The van der Waals surface area contributed by atoms with E-state index in [9.17, 15) is 13.2 Å². The lowest BCUT2D eigenvalue weighted by molar-refractivity contribution is 0.0692. The Morgan fingerprint density at radius 3 is 2.85 bits per heavy atom. The number of rotatable bonds is 5. The molecule has 1 aliphatic carbocycles. The average molecular weight is 301 g/mol. The van der Waals surface area contributed by atoms with Crippen molar-refractivity contribution in [2.24, 2.45) is 5.92 Å². The number of H-pyrrole nitrogens is 1. The van der Waals surface area contributed by atoms with Crippen LogP contribution in [0.2, 0.25) is 0 Å². The topological polar surface area (TPSA) is 121 Å². The standard InChI is InChI=1S/C11H15N3O5S/c15-11(16)7-5-12-13-10(7)20(17,18)14-8-3-4-19-9(8)6-1-2-6/h5-6,8-9,14H,1-4H2,(H,12,13)(H,15,16). The summed E-state index contributed by atoms with van der Waals surface area (Å²) in [5.41, 5.74) is -0.362. The van der Waals surface area contributed by atoms with Crippen molar-refractivity contribution in [2.75, 3.05) is 6.61 Å². The molecular weight excluding hydrogens is 286 g/mol. The first-order valence-corrected chi connectivity index (χ1v) is 7.88. The Hall–Kier alpha value is -1.45. The summed E-state index contributed by atoms with van der Waals surface area (Å²) in [6, 6.07) is -0.308. The molecule has 1 aromatic rings. The number of carbonyl (C=O) groups is 1. The summed E-state index contributed by atoms with van der Waals surface area (Å²) in [4.78, 5) is 11.0. The average Bonchev–Trinajstić information content (AvgIpc) is 2.91. The Kier molecular flexibility index (Phi) is 3.27.